The lowest BCUT2D eigenvalue weighted by Crippen LogP contribution is -2.35. The van der Waals surface area contributed by atoms with Gasteiger partial charge in [0.05, 0.1) is 12.1 Å². The fourth-order valence-corrected chi connectivity index (χ4v) is 2.84. The SMILES string of the molecule is O=C(COc1ccccc1)N1CC(O)CC1c1ccc(F)cc1. The van der Waals surface area contributed by atoms with Crippen molar-refractivity contribution < 1.29 is 19.0 Å². The molecule has 0 radical (unpaired) electrons. The molecular weight excluding hydrogens is 297 g/mol. The van der Waals surface area contributed by atoms with Gasteiger partial charge in [-0.3, -0.25) is 4.79 Å². The molecule has 1 fully saturated rings. The number of nitrogens with zero attached hydrogens (tertiary/aromatic N) is 1. The second-order valence-electron chi connectivity index (χ2n) is 5.60. The first kappa shape index (κ1) is 15.5. The summed E-state index contributed by atoms with van der Waals surface area (Å²) in [4.78, 5) is 14.0. The van der Waals surface area contributed by atoms with Crippen LogP contribution in [0.25, 0.3) is 0 Å². The fraction of sp³-hybridized carbons (Fsp3) is 0.278. The first-order valence-corrected chi connectivity index (χ1v) is 7.54. The molecule has 5 heteroatoms. The Morgan fingerprint density at radius 3 is 2.57 bits per heavy atom. The van der Waals surface area contributed by atoms with Gasteiger partial charge in [0.2, 0.25) is 0 Å². The number of aliphatic hydroxyl groups is 1. The summed E-state index contributed by atoms with van der Waals surface area (Å²) in [7, 11) is 0. The van der Waals surface area contributed by atoms with Gasteiger partial charge in [-0.15, -0.1) is 0 Å². The van der Waals surface area contributed by atoms with Crippen LogP contribution in [0.3, 0.4) is 0 Å². The molecule has 2 atom stereocenters. The summed E-state index contributed by atoms with van der Waals surface area (Å²) in [5.74, 6) is 0.108. The first-order valence-electron chi connectivity index (χ1n) is 7.54. The Hall–Kier alpha value is -2.40. The van der Waals surface area contributed by atoms with Gasteiger partial charge in [-0.2, -0.15) is 0 Å². The van der Waals surface area contributed by atoms with Gasteiger partial charge in [-0.1, -0.05) is 30.3 Å². The van der Waals surface area contributed by atoms with E-state index in [1.165, 1.54) is 12.1 Å². The van der Waals surface area contributed by atoms with Crippen molar-refractivity contribution in [3.63, 3.8) is 0 Å². The van der Waals surface area contributed by atoms with Gasteiger partial charge < -0.3 is 14.7 Å². The summed E-state index contributed by atoms with van der Waals surface area (Å²) < 4.78 is 18.6. The van der Waals surface area contributed by atoms with E-state index in [2.05, 4.69) is 0 Å². The molecule has 0 spiro atoms. The average molecular weight is 315 g/mol. The molecule has 2 aromatic rings. The highest BCUT2D eigenvalue weighted by molar-refractivity contribution is 5.78. The summed E-state index contributed by atoms with van der Waals surface area (Å²) in [6.45, 7) is 0.174. The number of halogens is 1. The number of rotatable bonds is 4. The molecule has 2 aromatic carbocycles. The van der Waals surface area contributed by atoms with Crippen LogP contribution in [0, 0.1) is 5.82 Å². The van der Waals surface area contributed by atoms with Crippen molar-refractivity contribution in [2.24, 2.45) is 0 Å². The van der Waals surface area contributed by atoms with E-state index in [9.17, 15) is 14.3 Å². The quantitative estimate of drug-likeness (QED) is 0.943. The standard InChI is InChI=1S/C18H18FNO3/c19-14-8-6-13(7-9-14)17-10-15(21)11-20(17)18(22)12-23-16-4-2-1-3-5-16/h1-9,15,17,21H,10-12H2. The van der Waals surface area contributed by atoms with Crippen LogP contribution in [-0.2, 0) is 4.79 Å². The monoisotopic (exact) mass is 315 g/mol. The lowest BCUT2D eigenvalue weighted by Gasteiger charge is -2.24. The molecule has 1 aliphatic heterocycles. The highest BCUT2D eigenvalue weighted by Crippen LogP contribution is 2.32. The second-order valence-corrected chi connectivity index (χ2v) is 5.60. The molecule has 1 aliphatic rings. The Morgan fingerprint density at radius 2 is 1.87 bits per heavy atom. The number of likely N-dealkylation sites (tertiary alicyclic amines) is 1. The minimum Gasteiger partial charge on any atom is -0.484 e. The molecule has 1 heterocycles. The smallest absolute Gasteiger partial charge is 0.261 e. The van der Waals surface area contributed by atoms with Gasteiger partial charge in [0.25, 0.3) is 5.91 Å². The van der Waals surface area contributed by atoms with Crippen LogP contribution in [0.4, 0.5) is 4.39 Å². The number of carbonyl (C=O) groups excluding carboxylic acids is 1. The van der Waals surface area contributed by atoms with Crippen molar-refractivity contribution in [2.75, 3.05) is 13.2 Å². The van der Waals surface area contributed by atoms with E-state index < -0.39 is 6.10 Å². The Balaban J connectivity index is 1.69. The van der Waals surface area contributed by atoms with E-state index >= 15 is 0 Å². The van der Waals surface area contributed by atoms with Gasteiger partial charge in [0, 0.05) is 6.54 Å². The van der Waals surface area contributed by atoms with E-state index in [1.54, 1.807) is 29.2 Å². The number of benzene rings is 2. The van der Waals surface area contributed by atoms with Crippen LogP contribution < -0.4 is 4.74 Å². The molecule has 2 unspecified atom stereocenters. The minimum atomic E-state index is -0.578. The predicted octanol–water partition coefficient (Wildman–Crippen LogP) is 2.54. The molecule has 1 amide bonds. The number of amides is 1. The molecule has 0 aliphatic carbocycles. The predicted molar refractivity (Wildman–Crippen MR) is 83.4 cm³/mol. The van der Waals surface area contributed by atoms with Crippen LogP contribution in [-0.4, -0.2) is 35.2 Å². The molecule has 0 aromatic heterocycles. The topological polar surface area (TPSA) is 49.8 Å². The number of ether oxygens (including phenoxy) is 1. The number of hydrogen-bond acceptors (Lipinski definition) is 3. The number of carbonyl (C=O) groups is 1. The molecule has 23 heavy (non-hydrogen) atoms. The minimum absolute atomic E-state index is 0.0889. The molecule has 4 nitrogen and oxygen atoms in total. The van der Waals surface area contributed by atoms with Gasteiger partial charge in [0.15, 0.2) is 6.61 Å². The zero-order valence-corrected chi connectivity index (χ0v) is 12.6. The van der Waals surface area contributed by atoms with Gasteiger partial charge >= 0.3 is 0 Å². The van der Waals surface area contributed by atoms with Crippen LogP contribution in [0.5, 0.6) is 5.75 Å². The summed E-state index contributed by atoms with van der Waals surface area (Å²) in [5, 5.41) is 9.91. The number of hydrogen-bond donors (Lipinski definition) is 1. The highest BCUT2D eigenvalue weighted by atomic mass is 19.1. The Labute approximate surface area is 134 Å². The van der Waals surface area contributed by atoms with Gasteiger partial charge in [-0.25, -0.2) is 4.39 Å². The van der Waals surface area contributed by atoms with Crippen LogP contribution in [0.15, 0.2) is 54.6 Å². The largest absolute Gasteiger partial charge is 0.484 e. The molecule has 0 bridgehead atoms. The van der Waals surface area contributed by atoms with Crippen molar-refractivity contribution in [2.45, 2.75) is 18.6 Å². The van der Waals surface area contributed by atoms with Crippen molar-refractivity contribution in [3.05, 3.63) is 66.0 Å². The third-order valence-corrected chi connectivity index (χ3v) is 3.96. The Morgan fingerprint density at radius 1 is 1.17 bits per heavy atom. The Bertz CT molecular complexity index is 660. The number of para-hydroxylation sites is 1. The maximum atomic E-state index is 13.1. The van der Waals surface area contributed by atoms with E-state index in [1.807, 2.05) is 18.2 Å². The van der Waals surface area contributed by atoms with Crippen LogP contribution in [0.1, 0.15) is 18.0 Å². The maximum absolute atomic E-state index is 13.1. The van der Waals surface area contributed by atoms with E-state index in [0.717, 1.165) is 5.56 Å². The summed E-state index contributed by atoms with van der Waals surface area (Å²) in [6, 6.07) is 14.9. The molecule has 1 saturated heterocycles. The van der Waals surface area contributed by atoms with Crippen molar-refractivity contribution in [1.29, 1.82) is 0 Å². The second kappa shape index (κ2) is 6.79. The summed E-state index contributed by atoms with van der Waals surface area (Å²) in [5.41, 5.74) is 0.816. The van der Waals surface area contributed by atoms with E-state index in [4.69, 9.17) is 4.74 Å². The number of β-amino-alcohol motifs (C(OH)–C–C–N with tert-alkyl or cyclic N) is 1. The molecule has 0 saturated carbocycles. The highest BCUT2D eigenvalue weighted by Gasteiger charge is 2.35. The zero-order chi connectivity index (χ0) is 16.2. The maximum Gasteiger partial charge on any atom is 0.261 e. The van der Waals surface area contributed by atoms with Gasteiger partial charge in [-0.05, 0) is 36.2 Å². The fourth-order valence-electron chi connectivity index (χ4n) is 2.84. The van der Waals surface area contributed by atoms with Crippen molar-refractivity contribution in [3.8, 4) is 5.75 Å². The molecule has 3 rings (SSSR count). The number of aliphatic hydroxyl groups excluding tert-OH is 1. The lowest BCUT2D eigenvalue weighted by atomic mass is 10.0. The molecule has 1 N–H and O–H groups in total. The summed E-state index contributed by atoms with van der Waals surface area (Å²) in [6.07, 6.45) is -0.131. The third kappa shape index (κ3) is 3.68. The third-order valence-electron chi connectivity index (χ3n) is 3.96. The van der Waals surface area contributed by atoms with Gasteiger partial charge in [0.1, 0.15) is 11.6 Å². The first-order chi connectivity index (χ1) is 11.1. The molecular formula is C18H18FNO3. The van der Waals surface area contributed by atoms with Crippen molar-refractivity contribution >= 4 is 5.91 Å². The zero-order valence-electron chi connectivity index (χ0n) is 12.6. The lowest BCUT2D eigenvalue weighted by molar-refractivity contribution is -0.134. The molecule has 120 valence electrons. The normalized spacial score (nSPS) is 20.5. The average Bonchev–Trinajstić information content (AvgIpc) is 2.96. The van der Waals surface area contributed by atoms with Crippen LogP contribution >= 0.6 is 0 Å². The van der Waals surface area contributed by atoms with Crippen molar-refractivity contribution in [1.82, 2.24) is 4.90 Å². The summed E-state index contributed by atoms with van der Waals surface area (Å²) >= 11 is 0. The van der Waals surface area contributed by atoms with Crippen LogP contribution in [0.2, 0.25) is 0 Å². The van der Waals surface area contributed by atoms with E-state index in [-0.39, 0.29) is 30.9 Å². The van der Waals surface area contributed by atoms with E-state index in [0.29, 0.717) is 12.2 Å². The Kier molecular flexibility index (Phi) is 4.57.